The summed E-state index contributed by atoms with van der Waals surface area (Å²) in [4.78, 5) is 51.2. The Morgan fingerprint density at radius 2 is 1.18 bits per heavy atom. The van der Waals surface area contributed by atoms with Crippen LogP contribution in [0.3, 0.4) is 0 Å². The first-order valence-corrected chi connectivity index (χ1v) is 14.3. The lowest BCUT2D eigenvalue weighted by atomic mass is 9.86. The first-order valence-electron chi connectivity index (χ1n) is 14.3. The zero-order valence-corrected chi connectivity index (χ0v) is 25.1. The van der Waals surface area contributed by atoms with E-state index in [-0.39, 0.29) is 49.5 Å². The number of benzene rings is 4. The van der Waals surface area contributed by atoms with Crippen LogP contribution in [-0.4, -0.2) is 28.7 Å². The molecule has 0 unspecified atom stereocenters. The van der Waals surface area contributed by atoms with E-state index in [0.717, 1.165) is 11.1 Å². The summed E-state index contributed by atoms with van der Waals surface area (Å²) in [5.74, 6) is -1.27. The molecule has 4 aromatic rings. The highest BCUT2D eigenvalue weighted by Crippen LogP contribution is 2.22. The number of ether oxygens (including phenoxy) is 1. The van der Waals surface area contributed by atoms with Crippen molar-refractivity contribution in [3.63, 3.8) is 0 Å². The van der Waals surface area contributed by atoms with Crippen LogP contribution in [0.4, 0.5) is 0 Å². The van der Waals surface area contributed by atoms with Crippen molar-refractivity contribution in [1.29, 1.82) is 0 Å². The number of nitrogens with one attached hydrogen (secondary N) is 2. The Balaban J connectivity index is 1.34. The maximum atomic E-state index is 13.1. The van der Waals surface area contributed by atoms with Gasteiger partial charge in [-0.3, -0.25) is 14.4 Å². The van der Waals surface area contributed by atoms with Crippen molar-refractivity contribution in [3.05, 3.63) is 142 Å². The number of carbonyl (C=O) groups is 4. The fourth-order valence-corrected chi connectivity index (χ4v) is 4.60. The van der Waals surface area contributed by atoms with Gasteiger partial charge in [0.25, 0.3) is 11.8 Å². The number of esters is 1. The maximum absolute atomic E-state index is 13.1. The van der Waals surface area contributed by atoms with Crippen LogP contribution in [0.15, 0.2) is 97.1 Å². The quantitative estimate of drug-likeness (QED) is 0.153. The second kappa shape index (κ2) is 14.4. The Morgan fingerprint density at radius 1 is 0.659 bits per heavy atom. The van der Waals surface area contributed by atoms with E-state index in [1.165, 1.54) is 6.07 Å². The molecule has 0 saturated heterocycles. The van der Waals surface area contributed by atoms with Crippen molar-refractivity contribution in [2.75, 3.05) is 0 Å². The van der Waals surface area contributed by atoms with Gasteiger partial charge in [-0.1, -0.05) is 93.6 Å². The van der Waals surface area contributed by atoms with Gasteiger partial charge in [-0.15, -0.1) is 0 Å². The average Bonchev–Trinajstić information content (AvgIpc) is 3.04. The van der Waals surface area contributed by atoms with Gasteiger partial charge in [0, 0.05) is 40.8 Å². The molecule has 0 bridgehead atoms. The van der Waals surface area contributed by atoms with Crippen molar-refractivity contribution in [2.24, 2.45) is 5.41 Å². The summed E-state index contributed by atoms with van der Waals surface area (Å²) in [5, 5.41) is 15.3. The van der Waals surface area contributed by atoms with Crippen LogP contribution < -0.4 is 10.6 Å². The number of ketones is 1. The zero-order valence-electron chi connectivity index (χ0n) is 25.1. The minimum atomic E-state index is -0.590. The van der Waals surface area contributed by atoms with Crippen LogP contribution in [0.2, 0.25) is 0 Å². The third kappa shape index (κ3) is 8.26. The topological polar surface area (TPSA) is 122 Å². The second-order valence-corrected chi connectivity index (χ2v) is 11.4. The molecule has 2 amide bonds. The zero-order chi connectivity index (χ0) is 31.7. The van der Waals surface area contributed by atoms with Crippen LogP contribution in [0, 0.1) is 5.41 Å². The first kappa shape index (κ1) is 31.8. The molecule has 0 atom stereocenters. The molecule has 0 heterocycles. The van der Waals surface area contributed by atoms with Gasteiger partial charge in [0.1, 0.15) is 6.61 Å². The summed E-state index contributed by atoms with van der Waals surface area (Å²) in [7, 11) is 0. The number of aliphatic hydroxyl groups is 1. The van der Waals surface area contributed by atoms with Gasteiger partial charge in [-0.25, -0.2) is 4.79 Å². The Morgan fingerprint density at radius 3 is 1.77 bits per heavy atom. The van der Waals surface area contributed by atoms with Gasteiger partial charge in [0.05, 0.1) is 12.2 Å². The van der Waals surface area contributed by atoms with Crippen LogP contribution in [-0.2, 0) is 31.0 Å². The number of aliphatic hydroxyl groups excluding tert-OH is 1. The largest absolute Gasteiger partial charge is 0.457 e. The molecule has 0 aliphatic rings. The number of hydrogen-bond donors (Lipinski definition) is 3. The monoisotopic (exact) mass is 592 g/mol. The third-order valence-electron chi connectivity index (χ3n) is 6.99. The number of carbonyl (C=O) groups excluding carboxylic acids is 4. The van der Waals surface area contributed by atoms with E-state index < -0.39 is 11.4 Å². The SMILES string of the molecule is CC(C)(C)C(=O)c1cccc(C(=O)OCc2ccccc2C(=O)NCc2cccc(CNC(=O)c3ccccc3CO)c2)c1. The smallest absolute Gasteiger partial charge is 0.338 e. The van der Waals surface area contributed by atoms with Gasteiger partial charge in [-0.2, -0.15) is 0 Å². The van der Waals surface area contributed by atoms with E-state index in [1.807, 2.05) is 45.0 Å². The molecule has 0 aliphatic carbocycles. The molecular formula is C36H36N2O6. The van der Waals surface area contributed by atoms with Gasteiger partial charge in [-0.05, 0) is 41.0 Å². The van der Waals surface area contributed by atoms with Crippen LogP contribution >= 0.6 is 0 Å². The maximum Gasteiger partial charge on any atom is 0.338 e. The number of rotatable bonds is 11. The molecule has 0 radical (unpaired) electrons. The summed E-state index contributed by atoms with van der Waals surface area (Å²) < 4.78 is 5.52. The Bertz CT molecular complexity index is 1670. The lowest BCUT2D eigenvalue weighted by molar-refractivity contribution is 0.0470. The summed E-state index contributed by atoms with van der Waals surface area (Å²) in [5.41, 5.74) is 3.70. The predicted octanol–water partition coefficient (Wildman–Crippen LogP) is 5.62. The number of Topliss-reactive ketones (excluding diaryl/α,β-unsaturated/α-hetero) is 1. The minimum absolute atomic E-state index is 0.0757. The van der Waals surface area contributed by atoms with Gasteiger partial charge in [0.2, 0.25) is 0 Å². The molecule has 3 N–H and O–H groups in total. The van der Waals surface area contributed by atoms with Crippen molar-refractivity contribution in [1.82, 2.24) is 10.6 Å². The molecule has 0 spiro atoms. The molecule has 4 aromatic carbocycles. The third-order valence-corrected chi connectivity index (χ3v) is 6.99. The highest BCUT2D eigenvalue weighted by molar-refractivity contribution is 6.02. The van der Waals surface area contributed by atoms with Gasteiger partial charge < -0.3 is 20.5 Å². The van der Waals surface area contributed by atoms with Crippen LogP contribution in [0.5, 0.6) is 0 Å². The lowest BCUT2D eigenvalue weighted by Gasteiger charge is -2.17. The summed E-state index contributed by atoms with van der Waals surface area (Å²) in [6.07, 6.45) is 0. The predicted molar refractivity (Wildman–Crippen MR) is 167 cm³/mol. The number of hydrogen-bond acceptors (Lipinski definition) is 6. The molecule has 0 aliphatic heterocycles. The van der Waals surface area contributed by atoms with E-state index in [2.05, 4.69) is 10.6 Å². The van der Waals surface area contributed by atoms with E-state index >= 15 is 0 Å². The van der Waals surface area contributed by atoms with Crippen LogP contribution in [0.25, 0.3) is 0 Å². The highest BCUT2D eigenvalue weighted by atomic mass is 16.5. The lowest BCUT2D eigenvalue weighted by Crippen LogP contribution is -2.25. The summed E-state index contributed by atoms with van der Waals surface area (Å²) in [6, 6.07) is 27.7. The minimum Gasteiger partial charge on any atom is -0.457 e. The van der Waals surface area contributed by atoms with Crippen molar-refractivity contribution >= 4 is 23.6 Å². The van der Waals surface area contributed by atoms with Crippen LogP contribution in [0.1, 0.15) is 84.5 Å². The normalized spacial score (nSPS) is 11.0. The molecule has 8 heteroatoms. The highest BCUT2D eigenvalue weighted by Gasteiger charge is 2.24. The molecule has 0 aromatic heterocycles. The van der Waals surface area contributed by atoms with Gasteiger partial charge in [0.15, 0.2) is 5.78 Å². The van der Waals surface area contributed by atoms with E-state index in [9.17, 15) is 24.3 Å². The molecule has 4 rings (SSSR count). The van der Waals surface area contributed by atoms with E-state index in [0.29, 0.717) is 27.8 Å². The molecule has 0 saturated carbocycles. The first-order chi connectivity index (χ1) is 21.1. The van der Waals surface area contributed by atoms with Gasteiger partial charge >= 0.3 is 5.97 Å². The van der Waals surface area contributed by atoms with Crippen molar-refractivity contribution in [2.45, 2.75) is 47.1 Å². The molecular weight excluding hydrogens is 556 g/mol. The second-order valence-electron chi connectivity index (χ2n) is 11.4. The summed E-state index contributed by atoms with van der Waals surface area (Å²) in [6.45, 7) is 5.64. The van der Waals surface area contributed by atoms with Crippen molar-refractivity contribution in [3.8, 4) is 0 Å². The standard InChI is InChI=1S/C36H36N2O6/c1-36(2,3)32(40)26-14-9-15-27(19-26)35(43)44-23-29-13-5-7-17-31(29)34(42)38-21-25-11-8-10-24(18-25)20-37-33(41)30-16-6-4-12-28(30)22-39/h4-19,39H,20-23H2,1-3H3,(H,37,41)(H,38,42). The molecule has 44 heavy (non-hydrogen) atoms. The average molecular weight is 593 g/mol. The fraction of sp³-hybridized carbons (Fsp3) is 0.222. The Labute approximate surface area is 257 Å². The Kier molecular flexibility index (Phi) is 10.4. The van der Waals surface area contributed by atoms with E-state index in [4.69, 9.17) is 4.74 Å². The molecule has 8 nitrogen and oxygen atoms in total. The number of amides is 2. The van der Waals surface area contributed by atoms with E-state index in [1.54, 1.807) is 66.7 Å². The molecule has 0 fully saturated rings. The molecule has 226 valence electrons. The van der Waals surface area contributed by atoms with Crippen molar-refractivity contribution < 1.29 is 29.0 Å². The summed E-state index contributed by atoms with van der Waals surface area (Å²) >= 11 is 0. The fourth-order valence-electron chi connectivity index (χ4n) is 4.60. The Hall–Kier alpha value is -5.08.